The van der Waals surface area contributed by atoms with Gasteiger partial charge < -0.3 is 10.0 Å². The van der Waals surface area contributed by atoms with E-state index in [0.29, 0.717) is 16.8 Å². The molecule has 0 radical (unpaired) electrons. The minimum Gasteiger partial charge on any atom is -0.508 e. The number of benzene rings is 1. The van der Waals surface area contributed by atoms with Gasteiger partial charge in [0.2, 0.25) is 0 Å². The number of aromatic hydroxyl groups is 1. The highest BCUT2D eigenvalue weighted by Crippen LogP contribution is 2.27. The van der Waals surface area contributed by atoms with Crippen molar-refractivity contribution in [2.45, 2.75) is 19.5 Å². The summed E-state index contributed by atoms with van der Waals surface area (Å²) >= 11 is 6.13. The first kappa shape index (κ1) is 12.7. The fraction of sp³-hybridized carbons (Fsp3) is 0.538. The first-order chi connectivity index (χ1) is 8.08. The van der Waals surface area contributed by atoms with Crippen molar-refractivity contribution in [3.63, 3.8) is 0 Å². The highest BCUT2D eigenvalue weighted by Gasteiger charge is 2.22. The Balaban J connectivity index is 2.10. The summed E-state index contributed by atoms with van der Waals surface area (Å²) in [6.07, 6.45) is 0. The number of halogens is 1. The quantitative estimate of drug-likeness (QED) is 0.877. The third-order valence-electron chi connectivity index (χ3n) is 3.42. The lowest BCUT2D eigenvalue weighted by Gasteiger charge is -2.38. The van der Waals surface area contributed by atoms with Crippen LogP contribution in [0, 0.1) is 0 Å². The smallest absolute Gasteiger partial charge is 0.121 e. The minimum absolute atomic E-state index is 0.295. The molecule has 4 heteroatoms. The third kappa shape index (κ3) is 2.92. The van der Waals surface area contributed by atoms with Crippen molar-refractivity contribution in [3.05, 3.63) is 28.8 Å². The van der Waals surface area contributed by atoms with Gasteiger partial charge in [-0.2, -0.15) is 0 Å². The van der Waals surface area contributed by atoms with Gasteiger partial charge >= 0.3 is 0 Å². The molecular weight excluding hydrogens is 236 g/mol. The molecule has 1 aliphatic rings. The Morgan fingerprint density at radius 3 is 2.82 bits per heavy atom. The summed E-state index contributed by atoms with van der Waals surface area (Å²) in [5, 5.41) is 10.5. The first-order valence-corrected chi connectivity index (χ1v) is 6.34. The van der Waals surface area contributed by atoms with E-state index in [2.05, 4.69) is 23.8 Å². The van der Waals surface area contributed by atoms with Crippen LogP contribution in [0.5, 0.6) is 5.75 Å². The van der Waals surface area contributed by atoms with Crippen molar-refractivity contribution in [3.8, 4) is 5.75 Å². The van der Waals surface area contributed by atoms with Crippen LogP contribution in [0.2, 0.25) is 5.02 Å². The van der Waals surface area contributed by atoms with E-state index in [1.54, 1.807) is 12.1 Å². The Labute approximate surface area is 108 Å². The summed E-state index contributed by atoms with van der Waals surface area (Å²) in [6.45, 7) is 6.08. The normalized spacial score (nSPS) is 22.9. The highest BCUT2D eigenvalue weighted by atomic mass is 35.5. The zero-order valence-electron chi connectivity index (χ0n) is 10.4. The maximum Gasteiger partial charge on any atom is 0.121 e. The molecular formula is C13H19ClN2O. The summed E-state index contributed by atoms with van der Waals surface area (Å²) in [5.74, 6) is 0.295. The molecule has 0 spiro atoms. The Hall–Kier alpha value is -0.770. The summed E-state index contributed by atoms with van der Waals surface area (Å²) in [5.41, 5.74) is 0.838. The van der Waals surface area contributed by atoms with Crippen molar-refractivity contribution in [1.82, 2.24) is 9.80 Å². The van der Waals surface area contributed by atoms with Crippen LogP contribution < -0.4 is 0 Å². The van der Waals surface area contributed by atoms with Crippen molar-refractivity contribution >= 4 is 11.6 Å². The van der Waals surface area contributed by atoms with Gasteiger partial charge in [0, 0.05) is 42.8 Å². The van der Waals surface area contributed by atoms with Crippen LogP contribution in [-0.4, -0.2) is 47.6 Å². The molecule has 1 N–H and O–H groups in total. The maximum absolute atomic E-state index is 9.84. The molecule has 1 aliphatic heterocycles. The van der Waals surface area contributed by atoms with Crippen LogP contribution in [0.3, 0.4) is 0 Å². The van der Waals surface area contributed by atoms with Crippen molar-refractivity contribution in [2.24, 2.45) is 0 Å². The predicted molar refractivity (Wildman–Crippen MR) is 70.5 cm³/mol. The van der Waals surface area contributed by atoms with Gasteiger partial charge in [0.25, 0.3) is 0 Å². The lowest BCUT2D eigenvalue weighted by Crippen LogP contribution is -2.49. The summed E-state index contributed by atoms with van der Waals surface area (Å²) in [4.78, 5) is 4.69. The Bertz CT molecular complexity index is 377. The number of phenols is 1. The Kier molecular flexibility index (Phi) is 3.92. The average Bonchev–Trinajstić information content (AvgIpc) is 2.26. The van der Waals surface area contributed by atoms with Crippen molar-refractivity contribution in [2.75, 3.05) is 26.7 Å². The average molecular weight is 255 g/mol. The van der Waals surface area contributed by atoms with E-state index in [0.717, 1.165) is 31.7 Å². The van der Waals surface area contributed by atoms with E-state index in [1.807, 2.05) is 6.07 Å². The van der Waals surface area contributed by atoms with Gasteiger partial charge in [0.15, 0.2) is 0 Å². The largest absolute Gasteiger partial charge is 0.508 e. The van der Waals surface area contributed by atoms with Gasteiger partial charge in [-0.15, -0.1) is 0 Å². The Morgan fingerprint density at radius 1 is 1.41 bits per heavy atom. The lowest BCUT2D eigenvalue weighted by atomic mass is 10.1. The zero-order valence-corrected chi connectivity index (χ0v) is 11.1. The molecule has 3 nitrogen and oxygen atoms in total. The second kappa shape index (κ2) is 5.25. The van der Waals surface area contributed by atoms with Crippen LogP contribution >= 0.6 is 11.6 Å². The molecule has 0 amide bonds. The molecule has 1 aromatic rings. The molecule has 1 heterocycles. The number of nitrogens with zero attached hydrogens (tertiary/aromatic N) is 2. The van der Waals surface area contributed by atoms with Crippen molar-refractivity contribution < 1.29 is 5.11 Å². The SMILES string of the molecule is CC1CN(C)CCN1Cc1c(O)cccc1Cl. The summed E-state index contributed by atoms with van der Waals surface area (Å²) < 4.78 is 0. The second-order valence-electron chi connectivity index (χ2n) is 4.82. The van der Waals surface area contributed by atoms with E-state index < -0.39 is 0 Å². The second-order valence-corrected chi connectivity index (χ2v) is 5.23. The van der Waals surface area contributed by atoms with E-state index >= 15 is 0 Å². The van der Waals surface area contributed by atoms with Gasteiger partial charge in [0.05, 0.1) is 0 Å². The molecule has 0 aromatic heterocycles. The van der Waals surface area contributed by atoms with Gasteiger partial charge in [-0.3, -0.25) is 4.90 Å². The number of likely N-dealkylation sites (N-methyl/N-ethyl adjacent to an activating group) is 1. The molecule has 1 atom stereocenters. The van der Waals surface area contributed by atoms with Gasteiger partial charge in [0.1, 0.15) is 5.75 Å². The molecule has 1 saturated heterocycles. The predicted octanol–water partition coefficient (Wildman–Crippen LogP) is 2.18. The maximum atomic E-state index is 9.84. The fourth-order valence-electron chi connectivity index (χ4n) is 2.32. The lowest BCUT2D eigenvalue weighted by molar-refractivity contribution is 0.0931. The number of hydrogen-bond acceptors (Lipinski definition) is 3. The molecule has 0 aliphatic carbocycles. The third-order valence-corrected chi connectivity index (χ3v) is 3.78. The van der Waals surface area contributed by atoms with Gasteiger partial charge in [-0.1, -0.05) is 17.7 Å². The van der Waals surface area contributed by atoms with Gasteiger partial charge in [-0.05, 0) is 26.1 Å². The molecule has 1 aromatic carbocycles. The number of hydrogen-bond donors (Lipinski definition) is 1. The molecule has 2 rings (SSSR count). The molecule has 94 valence electrons. The molecule has 1 fully saturated rings. The number of rotatable bonds is 2. The van der Waals surface area contributed by atoms with Crippen LogP contribution in [0.1, 0.15) is 12.5 Å². The van der Waals surface area contributed by atoms with Crippen LogP contribution in [0.15, 0.2) is 18.2 Å². The van der Waals surface area contributed by atoms with Crippen LogP contribution in [0.25, 0.3) is 0 Å². The summed E-state index contributed by atoms with van der Waals surface area (Å²) in [6, 6.07) is 5.79. The zero-order chi connectivity index (χ0) is 12.4. The van der Waals surface area contributed by atoms with Crippen LogP contribution in [0.4, 0.5) is 0 Å². The number of piperazine rings is 1. The standard InChI is InChI=1S/C13H19ClN2O/c1-10-8-15(2)6-7-16(10)9-11-12(14)4-3-5-13(11)17/h3-5,10,17H,6-9H2,1-2H3. The van der Waals surface area contributed by atoms with Gasteiger partial charge in [-0.25, -0.2) is 0 Å². The first-order valence-electron chi connectivity index (χ1n) is 5.97. The van der Waals surface area contributed by atoms with E-state index in [1.165, 1.54) is 0 Å². The van der Waals surface area contributed by atoms with Crippen molar-refractivity contribution in [1.29, 1.82) is 0 Å². The number of phenolic OH excluding ortho intramolecular Hbond substituents is 1. The summed E-state index contributed by atoms with van der Waals surface area (Å²) in [7, 11) is 2.14. The Morgan fingerprint density at radius 2 is 2.18 bits per heavy atom. The highest BCUT2D eigenvalue weighted by molar-refractivity contribution is 6.31. The molecule has 1 unspecified atom stereocenters. The van der Waals surface area contributed by atoms with E-state index in [9.17, 15) is 5.11 Å². The van der Waals surface area contributed by atoms with E-state index in [4.69, 9.17) is 11.6 Å². The van der Waals surface area contributed by atoms with E-state index in [-0.39, 0.29) is 0 Å². The molecule has 0 bridgehead atoms. The monoisotopic (exact) mass is 254 g/mol. The molecule has 17 heavy (non-hydrogen) atoms. The fourth-order valence-corrected chi connectivity index (χ4v) is 2.55. The minimum atomic E-state index is 0.295. The molecule has 0 saturated carbocycles. The topological polar surface area (TPSA) is 26.7 Å². The van der Waals surface area contributed by atoms with Crippen LogP contribution in [-0.2, 0) is 6.54 Å².